The van der Waals surface area contributed by atoms with E-state index in [4.69, 9.17) is 14.2 Å². The molecule has 8 heteroatoms. The molecule has 172 valence electrons. The van der Waals surface area contributed by atoms with Crippen molar-refractivity contribution in [1.82, 2.24) is 10.3 Å². The van der Waals surface area contributed by atoms with Gasteiger partial charge < -0.3 is 24.6 Å². The summed E-state index contributed by atoms with van der Waals surface area (Å²) in [5, 5.41) is 13.0. The van der Waals surface area contributed by atoms with E-state index in [1.165, 1.54) is 0 Å². The maximum atomic E-state index is 12.5. The van der Waals surface area contributed by atoms with Crippen LogP contribution in [0, 0.1) is 5.41 Å². The number of aromatic nitrogens is 1. The molecular formula is C25H26N2O6. The predicted octanol–water partition coefficient (Wildman–Crippen LogP) is 4.48. The van der Waals surface area contributed by atoms with Crippen LogP contribution in [0.4, 0.5) is 0 Å². The number of carboxylic acids is 1. The Balaban J connectivity index is 1.53. The SMILES string of the molecule is CCC(NC(=O)C1(C(=O)O)CC1)c1ccc(Oc2ccnc3cc(OC)c(OC)cc23)cc1. The van der Waals surface area contributed by atoms with Crippen molar-refractivity contribution in [3.05, 3.63) is 54.2 Å². The van der Waals surface area contributed by atoms with Gasteiger partial charge in [0.2, 0.25) is 5.91 Å². The second-order valence-corrected chi connectivity index (χ2v) is 8.03. The molecule has 0 aliphatic heterocycles. The number of aliphatic carboxylic acids is 1. The van der Waals surface area contributed by atoms with E-state index in [9.17, 15) is 14.7 Å². The Hall–Kier alpha value is -3.81. The van der Waals surface area contributed by atoms with Gasteiger partial charge in [0, 0.05) is 17.6 Å². The fraction of sp³-hybridized carbons (Fsp3) is 0.320. The number of ether oxygens (including phenoxy) is 3. The average Bonchev–Trinajstić information content (AvgIpc) is 3.65. The number of benzene rings is 2. The zero-order valence-corrected chi connectivity index (χ0v) is 18.8. The molecule has 1 aliphatic rings. The number of methoxy groups -OCH3 is 2. The normalized spacial score (nSPS) is 14.9. The molecule has 0 saturated heterocycles. The zero-order chi connectivity index (χ0) is 23.6. The number of hydrogen-bond donors (Lipinski definition) is 2. The van der Waals surface area contributed by atoms with Gasteiger partial charge in [-0.15, -0.1) is 0 Å². The summed E-state index contributed by atoms with van der Waals surface area (Å²) in [6, 6.07) is 12.5. The van der Waals surface area contributed by atoms with Gasteiger partial charge in [0.25, 0.3) is 0 Å². The monoisotopic (exact) mass is 450 g/mol. The molecule has 2 aromatic carbocycles. The van der Waals surface area contributed by atoms with Gasteiger partial charge in [-0.2, -0.15) is 0 Å². The highest BCUT2D eigenvalue weighted by Gasteiger charge is 2.57. The quantitative estimate of drug-likeness (QED) is 0.463. The van der Waals surface area contributed by atoms with Gasteiger partial charge in [-0.3, -0.25) is 14.6 Å². The Bertz CT molecular complexity index is 1190. The topological polar surface area (TPSA) is 107 Å². The fourth-order valence-corrected chi connectivity index (χ4v) is 3.81. The highest BCUT2D eigenvalue weighted by molar-refractivity contribution is 6.05. The van der Waals surface area contributed by atoms with Gasteiger partial charge in [-0.1, -0.05) is 19.1 Å². The molecule has 1 atom stereocenters. The van der Waals surface area contributed by atoms with E-state index in [1.807, 2.05) is 37.3 Å². The van der Waals surface area contributed by atoms with Crippen molar-refractivity contribution in [2.24, 2.45) is 5.41 Å². The Kier molecular flexibility index (Phi) is 6.09. The molecule has 1 saturated carbocycles. The lowest BCUT2D eigenvalue weighted by molar-refractivity contribution is -0.149. The summed E-state index contributed by atoms with van der Waals surface area (Å²) in [6.07, 6.45) is 3.07. The largest absolute Gasteiger partial charge is 0.493 e. The zero-order valence-electron chi connectivity index (χ0n) is 18.8. The standard InChI is InChI=1S/C25H26N2O6/c1-4-18(27-23(28)25(10-11-25)24(29)30)15-5-7-16(8-6-15)33-20-9-12-26-19-14-22(32-3)21(31-2)13-17(19)20/h5-9,12-14,18H,4,10-11H2,1-3H3,(H,27,28)(H,29,30). The summed E-state index contributed by atoms with van der Waals surface area (Å²) >= 11 is 0. The van der Waals surface area contributed by atoms with Crippen LogP contribution in [0.2, 0.25) is 0 Å². The highest BCUT2D eigenvalue weighted by Crippen LogP contribution is 2.46. The molecule has 33 heavy (non-hydrogen) atoms. The van der Waals surface area contributed by atoms with Crippen LogP contribution in [-0.2, 0) is 9.59 Å². The number of hydrogen-bond acceptors (Lipinski definition) is 6. The van der Waals surface area contributed by atoms with Gasteiger partial charge in [-0.25, -0.2) is 0 Å². The first-order valence-corrected chi connectivity index (χ1v) is 10.7. The van der Waals surface area contributed by atoms with Gasteiger partial charge in [0.1, 0.15) is 16.9 Å². The second kappa shape index (κ2) is 8.97. The summed E-state index contributed by atoms with van der Waals surface area (Å²) in [7, 11) is 3.15. The summed E-state index contributed by atoms with van der Waals surface area (Å²) in [4.78, 5) is 28.3. The van der Waals surface area contributed by atoms with Gasteiger partial charge in [0.05, 0.1) is 25.8 Å². The molecule has 3 aromatic rings. The summed E-state index contributed by atoms with van der Waals surface area (Å²) in [5.41, 5.74) is 0.330. The number of carbonyl (C=O) groups is 2. The molecule has 0 bridgehead atoms. The Morgan fingerprint density at radius 3 is 2.30 bits per heavy atom. The van der Waals surface area contributed by atoms with Crippen LogP contribution in [0.3, 0.4) is 0 Å². The van der Waals surface area contributed by atoms with Crippen LogP contribution in [0.5, 0.6) is 23.0 Å². The highest BCUT2D eigenvalue weighted by atomic mass is 16.5. The number of carbonyl (C=O) groups excluding carboxylic acids is 1. The molecule has 4 rings (SSSR count). The van der Waals surface area contributed by atoms with Crippen LogP contribution >= 0.6 is 0 Å². The average molecular weight is 450 g/mol. The van der Waals surface area contributed by atoms with Crippen molar-refractivity contribution in [3.8, 4) is 23.0 Å². The molecule has 1 unspecified atom stereocenters. The van der Waals surface area contributed by atoms with Crippen molar-refractivity contribution in [3.63, 3.8) is 0 Å². The minimum absolute atomic E-state index is 0.276. The number of fused-ring (bicyclic) bond motifs is 1. The number of nitrogens with one attached hydrogen (secondary N) is 1. The number of carboxylic acid groups (broad SMARTS) is 1. The Morgan fingerprint density at radius 2 is 1.73 bits per heavy atom. The Labute approximate surface area is 191 Å². The molecule has 0 spiro atoms. The lowest BCUT2D eigenvalue weighted by Gasteiger charge is -2.20. The Morgan fingerprint density at radius 1 is 1.06 bits per heavy atom. The lowest BCUT2D eigenvalue weighted by Crippen LogP contribution is -2.39. The van der Waals surface area contributed by atoms with Crippen molar-refractivity contribution in [1.29, 1.82) is 0 Å². The molecule has 1 fully saturated rings. The minimum Gasteiger partial charge on any atom is -0.493 e. The molecule has 2 N–H and O–H groups in total. The predicted molar refractivity (Wildman–Crippen MR) is 122 cm³/mol. The van der Waals surface area contributed by atoms with E-state index in [0.29, 0.717) is 47.8 Å². The number of amides is 1. The van der Waals surface area contributed by atoms with Crippen LogP contribution in [0.1, 0.15) is 37.8 Å². The van der Waals surface area contributed by atoms with E-state index in [-0.39, 0.29) is 6.04 Å². The van der Waals surface area contributed by atoms with Crippen molar-refractivity contribution in [2.75, 3.05) is 14.2 Å². The van der Waals surface area contributed by atoms with E-state index in [1.54, 1.807) is 32.5 Å². The van der Waals surface area contributed by atoms with Crippen LogP contribution < -0.4 is 19.5 Å². The minimum atomic E-state index is -1.26. The van der Waals surface area contributed by atoms with Crippen molar-refractivity contribution >= 4 is 22.8 Å². The fourth-order valence-electron chi connectivity index (χ4n) is 3.81. The number of nitrogens with zero attached hydrogens (tertiary/aromatic N) is 1. The summed E-state index contributed by atoms with van der Waals surface area (Å²) in [6.45, 7) is 1.94. The molecule has 1 aromatic heterocycles. The van der Waals surface area contributed by atoms with E-state index in [2.05, 4.69) is 10.3 Å². The van der Waals surface area contributed by atoms with Crippen molar-refractivity contribution in [2.45, 2.75) is 32.2 Å². The molecule has 1 amide bonds. The van der Waals surface area contributed by atoms with Gasteiger partial charge in [-0.05, 0) is 49.1 Å². The first-order valence-electron chi connectivity index (χ1n) is 10.7. The number of pyridine rings is 1. The maximum absolute atomic E-state index is 12.5. The smallest absolute Gasteiger partial charge is 0.319 e. The third-order valence-electron chi connectivity index (χ3n) is 6.02. The number of rotatable bonds is 9. The van der Waals surface area contributed by atoms with Gasteiger partial charge in [0.15, 0.2) is 11.5 Å². The van der Waals surface area contributed by atoms with E-state index in [0.717, 1.165) is 10.9 Å². The van der Waals surface area contributed by atoms with Crippen LogP contribution in [0.15, 0.2) is 48.7 Å². The summed E-state index contributed by atoms with van der Waals surface area (Å²) < 4.78 is 16.9. The maximum Gasteiger partial charge on any atom is 0.319 e. The lowest BCUT2D eigenvalue weighted by atomic mass is 10.0. The molecule has 1 aliphatic carbocycles. The first-order chi connectivity index (χ1) is 15.9. The summed E-state index contributed by atoms with van der Waals surface area (Å²) in [5.74, 6) is 0.918. The second-order valence-electron chi connectivity index (χ2n) is 8.03. The third-order valence-corrected chi connectivity index (χ3v) is 6.02. The molecule has 0 radical (unpaired) electrons. The van der Waals surface area contributed by atoms with E-state index >= 15 is 0 Å². The molecular weight excluding hydrogens is 424 g/mol. The molecule has 8 nitrogen and oxygen atoms in total. The van der Waals surface area contributed by atoms with Crippen LogP contribution in [-0.4, -0.2) is 36.2 Å². The van der Waals surface area contributed by atoms with Crippen LogP contribution in [0.25, 0.3) is 10.9 Å². The van der Waals surface area contributed by atoms with E-state index < -0.39 is 17.3 Å². The third kappa shape index (κ3) is 4.28. The van der Waals surface area contributed by atoms with Crippen molar-refractivity contribution < 1.29 is 28.9 Å². The van der Waals surface area contributed by atoms with Gasteiger partial charge >= 0.3 is 5.97 Å². The first kappa shape index (κ1) is 22.4. The molecule has 1 heterocycles.